The van der Waals surface area contributed by atoms with Crippen molar-refractivity contribution in [3.63, 3.8) is 0 Å². The van der Waals surface area contributed by atoms with Crippen LogP contribution in [0.15, 0.2) is 41.8 Å². The zero-order valence-electron chi connectivity index (χ0n) is 21.5. The molecule has 1 aromatic carbocycles. The Bertz CT molecular complexity index is 1410. The first kappa shape index (κ1) is 26.7. The Hall–Kier alpha value is -2.51. The number of rotatable bonds is 9. The molecule has 4 heterocycles. The van der Waals surface area contributed by atoms with E-state index in [2.05, 4.69) is 38.8 Å². The summed E-state index contributed by atoms with van der Waals surface area (Å²) in [7, 11) is 2.10. The van der Waals surface area contributed by atoms with Gasteiger partial charge in [0.05, 0.1) is 17.8 Å². The molecule has 3 aromatic heterocycles. The number of hydrogen-bond donors (Lipinski definition) is 3. The van der Waals surface area contributed by atoms with E-state index in [9.17, 15) is 18.3 Å². The molecular formula is C27H31F3N6OS2. The smallest absolute Gasteiger partial charge is 0.382 e. The standard InChI is InChI=1S/C27H31F3N6OS2/c1-35-9-7-16(8-10-35)32-20-4-2-5-21-19(20)13-22(36(21)15-27(28,29)30)26-34-33-24(39-26)14-31-25(37)18-12-17(18)23-6-3-11-38-23/h2-6,11,13,16-18,25,31-32,37H,7-10,12,14-15H2,1H3. The van der Waals surface area contributed by atoms with Crippen LogP contribution in [0, 0.1) is 5.92 Å². The van der Waals surface area contributed by atoms with E-state index in [1.54, 1.807) is 29.5 Å². The number of aromatic nitrogens is 3. The van der Waals surface area contributed by atoms with Gasteiger partial charge in [-0.3, -0.25) is 5.32 Å². The lowest BCUT2D eigenvalue weighted by atomic mass is 10.0. The minimum absolute atomic E-state index is 0.154. The zero-order chi connectivity index (χ0) is 27.1. The first-order valence-corrected chi connectivity index (χ1v) is 14.9. The maximum atomic E-state index is 13.7. The second-order valence-electron chi connectivity index (χ2n) is 10.5. The molecule has 208 valence electrons. The molecule has 3 atom stereocenters. The highest BCUT2D eigenvalue weighted by Gasteiger charge is 2.44. The molecule has 1 saturated heterocycles. The summed E-state index contributed by atoms with van der Waals surface area (Å²) in [5.74, 6) is 0.522. The summed E-state index contributed by atoms with van der Waals surface area (Å²) in [6.45, 7) is 1.16. The maximum Gasteiger partial charge on any atom is 0.406 e. The van der Waals surface area contributed by atoms with E-state index in [4.69, 9.17) is 0 Å². The molecule has 7 nitrogen and oxygen atoms in total. The highest BCUT2D eigenvalue weighted by Crippen LogP contribution is 2.50. The van der Waals surface area contributed by atoms with Gasteiger partial charge in [-0.05, 0) is 69.0 Å². The van der Waals surface area contributed by atoms with Gasteiger partial charge in [-0.25, -0.2) is 0 Å². The SMILES string of the molecule is CN1CCC(Nc2cccc3c2cc(-c2nnc(CNC(O)C4CC4c4cccs4)s2)n3CC(F)(F)F)CC1. The lowest BCUT2D eigenvalue weighted by Crippen LogP contribution is -2.36. The molecule has 3 N–H and O–H groups in total. The largest absolute Gasteiger partial charge is 0.406 e. The van der Waals surface area contributed by atoms with Crippen molar-refractivity contribution in [3.8, 4) is 10.7 Å². The van der Waals surface area contributed by atoms with Gasteiger partial charge in [-0.1, -0.05) is 23.5 Å². The van der Waals surface area contributed by atoms with Gasteiger partial charge in [0.15, 0.2) is 5.01 Å². The van der Waals surface area contributed by atoms with Gasteiger partial charge < -0.3 is 19.9 Å². The van der Waals surface area contributed by atoms with Crippen molar-refractivity contribution in [1.29, 1.82) is 0 Å². The molecule has 4 aromatic rings. The lowest BCUT2D eigenvalue weighted by molar-refractivity contribution is -0.139. The highest BCUT2D eigenvalue weighted by molar-refractivity contribution is 7.14. The van der Waals surface area contributed by atoms with Crippen molar-refractivity contribution in [3.05, 3.63) is 51.7 Å². The molecule has 0 radical (unpaired) electrons. The van der Waals surface area contributed by atoms with Crippen LogP contribution in [0.25, 0.3) is 21.6 Å². The molecule has 0 amide bonds. The third-order valence-corrected chi connectivity index (χ3v) is 9.61. The van der Waals surface area contributed by atoms with E-state index in [0.717, 1.165) is 43.4 Å². The number of nitrogens with zero attached hydrogens (tertiary/aromatic N) is 4. The quantitative estimate of drug-likeness (QED) is 0.229. The Morgan fingerprint density at radius 3 is 2.72 bits per heavy atom. The van der Waals surface area contributed by atoms with Crippen LogP contribution in [0.3, 0.4) is 0 Å². The minimum atomic E-state index is -4.39. The number of piperidine rings is 1. The molecule has 0 bridgehead atoms. The number of hydrogen-bond acceptors (Lipinski definition) is 8. The van der Waals surface area contributed by atoms with Crippen LogP contribution in [-0.2, 0) is 13.1 Å². The Balaban J connectivity index is 1.21. The number of thiophene rings is 1. The Morgan fingerprint density at radius 2 is 1.97 bits per heavy atom. The average Bonchev–Trinajstić information content (AvgIpc) is 3.24. The molecule has 2 aliphatic rings. The average molecular weight is 577 g/mol. The van der Waals surface area contributed by atoms with Crippen LogP contribution < -0.4 is 10.6 Å². The molecular weight excluding hydrogens is 545 g/mol. The van der Waals surface area contributed by atoms with E-state index in [1.807, 2.05) is 17.5 Å². The van der Waals surface area contributed by atoms with Crippen molar-refractivity contribution in [1.82, 2.24) is 25.0 Å². The van der Waals surface area contributed by atoms with E-state index < -0.39 is 18.9 Å². The first-order chi connectivity index (χ1) is 18.7. The number of fused-ring (bicyclic) bond motifs is 1. The summed E-state index contributed by atoms with van der Waals surface area (Å²) in [6, 6.07) is 11.6. The Morgan fingerprint density at radius 1 is 1.15 bits per heavy atom. The van der Waals surface area contributed by atoms with Crippen molar-refractivity contribution >= 4 is 39.3 Å². The predicted octanol–water partition coefficient (Wildman–Crippen LogP) is 5.50. The summed E-state index contributed by atoms with van der Waals surface area (Å²) in [6.07, 6.45) is -2.16. The molecule has 2 fully saturated rings. The third kappa shape index (κ3) is 5.99. The van der Waals surface area contributed by atoms with Gasteiger partial charge in [0.25, 0.3) is 0 Å². The summed E-state index contributed by atoms with van der Waals surface area (Å²) >= 11 is 2.95. The molecule has 6 rings (SSSR count). The van der Waals surface area contributed by atoms with E-state index in [0.29, 0.717) is 33.7 Å². The van der Waals surface area contributed by atoms with Crippen LogP contribution in [0.4, 0.5) is 18.9 Å². The van der Waals surface area contributed by atoms with Crippen LogP contribution in [0.1, 0.15) is 35.1 Å². The normalized spacial score (nSPS) is 21.5. The number of aliphatic hydroxyl groups excluding tert-OH is 1. The molecule has 1 aliphatic heterocycles. The van der Waals surface area contributed by atoms with Crippen LogP contribution in [0.5, 0.6) is 0 Å². The van der Waals surface area contributed by atoms with Crippen molar-refractivity contribution in [2.45, 2.75) is 56.7 Å². The van der Waals surface area contributed by atoms with Gasteiger partial charge in [0, 0.05) is 33.8 Å². The van der Waals surface area contributed by atoms with Crippen LogP contribution in [0.2, 0.25) is 0 Å². The van der Waals surface area contributed by atoms with Crippen LogP contribution >= 0.6 is 22.7 Å². The number of alkyl halides is 3. The summed E-state index contributed by atoms with van der Waals surface area (Å²) < 4.78 is 42.3. The third-order valence-electron chi connectivity index (χ3n) is 7.66. The topological polar surface area (TPSA) is 78.2 Å². The maximum absolute atomic E-state index is 13.7. The lowest BCUT2D eigenvalue weighted by Gasteiger charge is -2.30. The Kier molecular flexibility index (Phi) is 7.40. The second kappa shape index (κ2) is 10.8. The Labute approximate surface area is 232 Å². The van der Waals surface area contributed by atoms with Gasteiger partial charge in [-0.2, -0.15) is 13.2 Å². The first-order valence-electron chi connectivity index (χ1n) is 13.2. The zero-order valence-corrected chi connectivity index (χ0v) is 23.1. The molecule has 3 unspecified atom stereocenters. The molecule has 0 spiro atoms. The fourth-order valence-electron chi connectivity index (χ4n) is 5.47. The second-order valence-corrected chi connectivity index (χ2v) is 12.6. The van der Waals surface area contributed by atoms with Gasteiger partial charge in [0.2, 0.25) is 0 Å². The number of benzene rings is 1. The number of halogens is 3. The molecule has 1 saturated carbocycles. The van der Waals surface area contributed by atoms with Gasteiger partial charge in [0.1, 0.15) is 17.8 Å². The predicted molar refractivity (Wildman–Crippen MR) is 149 cm³/mol. The molecule has 1 aliphatic carbocycles. The van der Waals surface area contributed by atoms with E-state index in [-0.39, 0.29) is 12.0 Å². The van der Waals surface area contributed by atoms with E-state index in [1.165, 1.54) is 20.8 Å². The van der Waals surface area contributed by atoms with Crippen LogP contribution in [-0.4, -0.2) is 63.4 Å². The fraction of sp³-hybridized carbons (Fsp3) is 0.481. The van der Waals surface area contributed by atoms with Crippen molar-refractivity contribution in [2.24, 2.45) is 5.92 Å². The van der Waals surface area contributed by atoms with E-state index >= 15 is 0 Å². The highest BCUT2D eigenvalue weighted by atomic mass is 32.1. The monoisotopic (exact) mass is 576 g/mol. The molecule has 39 heavy (non-hydrogen) atoms. The van der Waals surface area contributed by atoms with Gasteiger partial charge >= 0.3 is 6.18 Å². The summed E-state index contributed by atoms with van der Waals surface area (Å²) in [4.78, 5) is 3.56. The molecule has 12 heteroatoms. The fourth-order valence-corrected chi connectivity index (χ4v) is 7.21. The van der Waals surface area contributed by atoms with Crippen molar-refractivity contribution < 1.29 is 18.3 Å². The minimum Gasteiger partial charge on any atom is -0.382 e. The summed E-state index contributed by atoms with van der Waals surface area (Å²) in [5.41, 5.74) is 1.74. The number of anilines is 1. The summed E-state index contributed by atoms with van der Waals surface area (Å²) in [5, 5.41) is 29.6. The number of nitrogens with one attached hydrogen (secondary N) is 2. The van der Waals surface area contributed by atoms with Crippen molar-refractivity contribution in [2.75, 3.05) is 25.5 Å². The van der Waals surface area contributed by atoms with Gasteiger partial charge in [-0.15, -0.1) is 21.5 Å². The number of aliphatic hydroxyl groups is 1. The number of likely N-dealkylation sites (tertiary alicyclic amines) is 1.